The zero-order valence-electron chi connectivity index (χ0n) is 13.4. The fraction of sp³-hybridized carbons (Fsp3) is 0.765. The van der Waals surface area contributed by atoms with Crippen molar-refractivity contribution in [3.05, 3.63) is 21.9 Å². The second-order valence-electron chi connectivity index (χ2n) is 7.16. The first-order valence-corrected chi connectivity index (χ1v) is 9.26. The molecule has 0 unspecified atom stereocenters. The van der Waals surface area contributed by atoms with E-state index in [9.17, 15) is 0 Å². The highest BCUT2D eigenvalue weighted by Crippen LogP contribution is 2.42. The summed E-state index contributed by atoms with van der Waals surface area (Å²) < 4.78 is 11.4. The van der Waals surface area contributed by atoms with Crippen LogP contribution in [-0.4, -0.2) is 69.0 Å². The van der Waals surface area contributed by atoms with Gasteiger partial charge in [-0.3, -0.25) is 9.80 Å². The van der Waals surface area contributed by atoms with E-state index in [2.05, 4.69) is 28.2 Å². The third-order valence-corrected chi connectivity index (χ3v) is 6.58. The molecule has 0 radical (unpaired) electrons. The lowest BCUT2D eigenvalue weighted by molar-refractivity contribution is 0.0102. The van der Waals surface area contributed by atoms with Crippen LogP contribution in [0.4, 0.5) is 0 Å². The van der Waals surface area contributed by atoms with Crippen molar-refractivity contribution in [1.82, 2.24) is 9.80 Å². The van der Waals surface area contributed by atoms with Gasteiger partial charge in [0.15, 0.2) is 0 Å². The quantitative estimate of drug-likeness (QED) is 0.844. The Bertz CT molecular complexity index is 515. The van der Waals surface area contributed by atoms with Gasteiger partial charge in [0, 0.05) is 55.5 Å². The molecule has 3 aliphatic rings. The van der Waals surface area contributed by atoms with Gasteiger partial charge < -0.3 is 9.47 Å². The van der Waals surface area contributed by atoms with Crippen LogP contribution in [0.2, 0.25) is 0 Å². The minimum Gasteiger partial charge on any atom is -0.380 e. The Kier molecular flexibility index (Phi) is 4.26. The molecule has 3 aliphatic heterocycles. The number of hydrogen-bond acceptors (Lipinski definition) is 5. The predicted octanol–water partition coefficient (Wildman–Crippen LogP) is 1.84. The Labute approximate surface area is 137 Å². The van der Waals surface area contributed by atoms with Crippen LogP contribution in [0.25, 0.3) is 0 Å². The topological polar surface area (TPSA) is 24.9 Å². The number of likely N-dealkylation sites (tertiary alicyclic amines) is 1. The molecule has 0 aromatic carbocycles. The predicted molar refractivity (Wildman–Crippen MR) is 88.3 cm³/mol. The molecule has 5 heteroatoms. The summed E-state index contributed by atoms with van der Waals surface area (Å²) in [4.78, 5) is 6.78. The summed E-state index contributed by atoms with van der Waals surface area (Å²) in [5, 5.41) is 2.22. The number of morpholine rings is 1. The zero-order valence-corrected chi connectivity index (χ0v) is 14.2. The maximum atomic E-state index is 5.88. The van der Waals surface area contributed by atoms with Crippen molar-refractivity contribution in [2.45, 2.75) is 13.5 Å². The van der Waals surface area contributed by atoms with Crippen LogP contribution in [0.3, 0.4) is 0 Å². The molecule has 2 atom stereocenters. The molecule has 0 spiro atoms. The number of ether oxygens (including phenoxy) is 2. The van der Waals surface area contributed by atoms with Gasteiger partial charge >= 0.3 is 0 Å². The van der Waals surface area contributed by atoms with E-state index in [0.717, 1.165) is 46.1 Å². The van der Waals surface area contributed by atoms with Gasteiger partial charge in [-0.1, -0.05) is 0 Å². The van der Waals surface area contributed by atoms with E-state index < -0.39 is 0 Å². The van der Waals surface area contributed by atoms with Crippen LogP contribution < -0.4 is 0 Å². The van der Waals surface area contributed by atoms with Gasteiger partial charge in [-0.15, -0.1) is 11.3 Å². The van der Waals surface area contributed by atoms with Gasteiger partial charge in [-0.25, -0.2) is 0 Å². The lowest BCUT2D eigenvalue weighted by Gasteiger charge is -2.36. The van der Waals surface area contributed by atoms with Crippen LogP contribution in [0.15, 0.2) is 11.4 Å². The maximum absolute atomic E-state index is 5.88. The van der Waals surface area contributed by atoms with Crippen molar-refractivity contribution in [1.29, 1.82) is 0 Å². The Hall–Kier alpha value is -0.460. The Balaban J connectivity index is 1.43. The summed E-state index contributed by atoms with van der Waals surface area (Å²) in [6.07, 6.45) is 0. The highest BCUT2D eigenvalue weighted by atomic mass is 32.1. The van der Waals surface area contributed by atoms with E-state index in [1.165, 1.54) is 30.1 Å². The standard InChI is InChI=1S/C17H26N2O2S/c1-14-2-7-22-16(14)9-19-8-15-10-21-13-17(15,12-19)11-18-3-5-20-6-4-18/h2,7,15H,3-6,8-13H2,1H3/t15-,17+/m0/s1. The normalized spacial score (nSPS) is 33.4. The molecule has 4 rings (SSSR count). The second-order valence-corrected chi connectivity index (χ2v) is 8.16. The maximum Gasteiger partial charge on any atom is 0.0594 e. The molecule has 4 heterocycles. The minimum absolute atomic E-state index is 0.350. The summed E-state index contributed by atoms with van der Waals surface area (Å²) in [5.41, 5.74) is 1.79. The van der Waals surface area contributed by atoms with Gasteiger partial charge in [-0.05, 0) is 23.9 Å². The molecule has 4 nitrogen and oxygen atoms in total. The van der Waals surface area contributed by atoms with Gasteiger partial charge in [0.25, 0.3) is 0 Å². The van der Waals surface area contributed by atoms with Crippen LogP contribution in [0.1, 0.15) is 10.4 Å². The average Bonchev–Trinajstić information content (AvgIpc) is 3.15. The van der Waals surface area contributed by atoms with E-state index in [1.807, 2.05) is 11.3 Å². The lowest BCUT2D eigenvalue weighted by Crippen LogP contribution is -2.47. The van der Waals surface area contributed by atoms with Crippen LogP contribution >= 0.6 is 11.3 Å². The van der Waals surface area contributed by atoms with Crippen LogP contribution in [0.5, 0.6) is 0 Å². The molecule has 22 heavy (non-hydrogen) atoms. The van der Waals surface area contributed by atoms with Crippen LogP contribution in [-0.2, 0) is 16.0 Å². The summed E-state index contributed by atoms with van der Waals surface area (Å²) in [7, 11) is 0. The molecule has 0 aliphatic carbocycles. The monoisotopic (exact) mass is 322 g/mol. The number of aryl methyl sites for hydroxylation is 1. The second kappa shape index (κ2) is 6.21. The van der Waals surface area contributed by atoms with Gasteiger partial charge in [0.05, 0.1) is 26.4 Å². The fourth-order valence-electron chi connectivity index (χ4n) is 4.26. The summed E-state index contributed by atoms with van der Waals surface area (Å²) in [6.45, 7) is 12.7. The smallest absolute Gasteiger partial charge is 0.0594 e. The fourth-order valence-corrected chi connectivity index (χ4v) is 5.21. The van der Waals surface area contributed by atoms with Gasteiger partial charge in [0.1, 0.15) is 0 Å². The average molecular weight is 322 g/mol. The number of hydrogen-bond donors (Lipinski definition) is 0. The number of thiophene rings is 1. The van der Waals surface area contributed by atoms with E-state index in [4.69, 9.17) is 9.47 Å². The van der Waals surface area contributed by atoms with Crippen LogP contribution in [0, 0.1) is 18.3 Å². The van der Waals surface area contributed by atoms with Crippen molar-refractivity contribution in [2.24, 2.45) is 11.3 Å². The Morgan fingerprint density at radius 2 is 2.14 bits per heavy atom. The molecule has 0 N–H and O–H groups in total. The molecule has 122 valence electrons. The molecule has 0 saturated carbocycles. The molecule has 1 aromatic heterocycles. The molecule has 0 amide bonds. The molecular formula is C17H26N2O2S. The van der Waals surface area contributed by atoms with Crippen molar-refractivity contribution in [3.63, 3.8) is 0 Å². The van der Waals surface area contributed by atoms with Gasteiger partial charge in [0.2, 0.25) is 0 Å². The van der Waals surface area contributed by atoms with E-state index in [-0.39, 0.29) is 0 Å². The number of nitrogens with zero attached hydrogens (tertiary/aromatic N) is 2. The molecule has 3 fully saturated rings. The third kappa shape index (κ3) is 2.85. The Morgan fingerprint density at radius 1 is 1.27 bits per heavy atom. The van der Waals surface area contributed by atoms with Crippen molar-refractivity contribution >= 4 is 11.3 Å². The first kappa shape index (κ1) is 15.1. The van der Waals surface area contributed by atoms with E-state index in [0.29, 0.717) is 11.3 Å². The van der Waals surface area contributed by atoms with Crippen molar-refractivity contribution < 1.29 is 9.47 Å². The zero-order chi connectivity index (χ0) is 15.0. The summed E-state index contributed by atoms with van der Waals surface area (Å²) in [5.74, 6) is 0.704. The largest absolute Gasteiger partial charge is 0.380 e. The third-order valence-electron chi connectivity index (χ3n) is 5.57. The summed E-state index contributed by atoms with van der Waals surface area (Å²) in [6, 6.07) is 2.24. The molecule has 3 saturated heterocycles. The SMILES string of the molecule is Cc1ccsc1CN1C[C@H]2COC[C@@]2(CN2CCOCC2)C1. The highest BCUT2D eigenvalue weighted by molar-refractivity contribution is 7.10. The minimum atomic E-state index is 0.350. The molecular weight excluding hydrogens is 296 g/mol. The van der Waals surface area contributed by atoms with Gasteiger partial charge in [-0.2, -0.15) is 0 Å². The molecule has 1 aromatic rings. The van der Waals surface area contributed by atoms with E-state index in [1.54, 1.807) is 0 Å². The lowest BCUT2D eigenvalue weighted by atomic mass is 9.80. The Morgan fingerprint density at radius 3 is 2.91 bits per heavy atom. The summed E-state index contributed by atoms with van der Waals surface area (Å²) >= 11 is 1.90. The highest BCUT2D eigenvalue weighted by Gasteiger charge is 2.51. The number of rotatable bonds is 4. The molecule has 0 bridgehead atoms. The van der Waals surface area contributed by atoms with E-state index >= 15 is 0 Å². The number of fused-ring (bicyclic) bond motifs is 1. The van der Waals surface area contributed by atoms with Crippen molar-refractivity contribution in [3.8, 4) is 0 Å². The first-order chi connectivity index (χ1) is 10.8. The first-order valence-electron chi connectivity index (χ1n) is 8.38. The van der Waals surface area contributed by atoms with Crippen molar-refractivity contribution in [2.75, 3.05) is 59.2 Å².